The second kappa shape index (κ2) is 9.13. The number of nitrogen functional groups attached to an aromatic ring is 1. The molecule has 2 aliphatic rings. The first-order chi connectivity index (χ1) is 18.0. The molecule has 2 amide bonds. The number of aromatic nitrogens is 1. The van der Waals surface area contributed by atoms with Gasteiger partial charge in [0.1, 0.15) is 5.82 Å². The van der Waals surface area contributed by atoms with E-state index in [0.717, 1.165) is 12.1 Å². The molecule has 0 radical (unpaired) electrons. The zero-order chi connectivity index (χ0) is 27.2. The molecule has 194 valence electrons. The van der Waals surface area contributed by atoms with Gasteiger partial charge in [-0.1, -0.05) is 12.1 Å². The maximum absolute atomic E-state index is 13.7. The molecule has 2 aromatic carbocycles. The van der Waals surface area contributed by atoms with E-state index >= 15 is 0 Å². The fourth-order valence-corrected chi connectivity index (χ4v) is 4.88. The molecule has 10 heteroatoms. The van der Waals surface area contributed by atoms with Crippen molar-refractivity contribution in [1.29, 1.82) is 0 Å². The van der Waals surface area contributed by atoms with E-state index in [-0.39, 0.29) is 11.8 Å². The van der Waals surface area contributed by atoms with Crippen molar-refractivity contribution in [2.45, 2.75) is 31.5 Å². The number of hydrogen-bond donors (Lipinski definition) is 2. The molecule has 3 heterocycles. The number of aliphatic imine (C=N–C) groups is 1. The number of fused-ring (bicyclic) bond motifs is 3. The first-order valence-corrected chi connectivity index (χ1v) is 11.9. The molecule has 0 bridgehead atoms. The molecule has 0 aliphatic carbocycles. The smallest absolute Gasteiger partial charge is 0.384 e. The van der Waals surface area contributed by atoms with Crippen molar-refractivity contribution in [2.24, 2.45) is 10.9 Å². The van der Waals surface area contributed by atoms with Gasteiger partial charge < -0.3 is 11.1 Å². The van der Waals surface area contributed by atoms with Gasteiger partial charge in [-0.2, -0.15) is 13.2 Å². The summed E-state index contributed by atoms with van der Waals surface area (Å²) in [5, 5.41) is 2.91. The highest BCUT2D eigenvalue weighted by Gasteiger charge is 2.48. The van der Waals surface area contributed by atoms with Crippen molar-refractivity contribution in [2.75, 3.05) is 10.6 Å². The summed E-state index contributed by atoms with van der Waals surface area (Å²) in [6, 6.07) is 14.1. The molecule has 1 aromatic heterocycles. The number of pyridine rings is 1. The normalized spacial score (nSPS) is 21.0. The zero-order valence-electron chi connectivity index (χ0n) is 20.5. The molecule has 38 heavy (non-hydrogen) atoms. The fraction of sp³-hybridized carbons (Fsp3) is 0.214. The van der Waals surface area contributed by atoms with Crippen molar-refractivity contribution >= 4 is 35.2 Å². The van der Waals surface area contributed by atoms with Crippen LogP contribution in [0.5, 0.6) is 0 Å². The van der Waals surface area contributed by atoms with Gasteiger partial charge in [0.05, 0.1) is 28.9 Å². The van der Waals surface area contributed by atoms with E-state index in [9.17, 15) is 22.8 Å². The van der Waals surface area contributed by atoms with Crippen molar-refractivity contribution in [3.63, 3.8) is 0 Å². The first-order valence-electron chi connectivity index (χ1n) is 11.9. The molecular weight excluding hydrogens is 495 g/mol. The summed E-state index contributed by atoms with van der Waals surface area (Å²) in [5.41, 5.74) is 6.46. The molecule has 0 fully saturated rings. The number of carbonyl (C=O) groups is 2. The van der Waals surface area contributed by atoms with Gasteiger partial charge in [0.25, 0.3) is 5.91 Å². The van der Waals surface area contributed by atoms with Crippen LogP contribution in [0.4, 0.5) is 30.4 Å². The highest BCUT2D eigenvalue weighted by Crippen LogP contribution is 2.48. The van der Waals surface area contributed by atoms with Gasteiger partial charge in [-0.25, -0.2) is 4.98 Å². The van der Waals surface area contributed by atoms with Crippen LogP contribution in [0.25, 0.3) is 0 Å². The number of anilines is 3. The number of carbonyl (C=O) groups excluding carboxylic acids is 2. The number of alkyl halides is 3. The molecule has 0 saturated carbocycles. The average molecular weight is 520 g/mol. The highest BCUT2D eigenvalue weighted by atomic mass is 19.4. The predicted octanol–water partition coefficient (Wildman–Crippen LogP) is 5.32. The zero-order valence-corrected chi connectivity index (χ0v) is 20.5. The minimum absolute atomic E-state index is 0.292. The van der Waals surface area contributed by atoms with Crippen molar-refractivity contribution in [1.82, 2.24) is 10.3 Å². The summed E-state index contributed by atoms with van der Waals surface area (Å²) in [6.07, 6.45) is 0.364. The third-order valence-corrected chi connectivity index (χ3v) is 6.96. The Balaban J connectivity index is 1.54. The molecule has 2 aliphatic heterocycles. The number of rotatable bonds is 4. The van der Waals surface area contributed by atoms with E-state index < -0.39 is 29.1 Å². The van der Waals surface area contributed by atoms with Crippen LogP contribution < -0.4 is 16.0 Å². The fourth-order valence-electron chi connectivity index (χ4n) is 4.88. The van der Waals surface area contributed by atoms with Crippen LogP contribution in [0.15, 0.2) is 77.9 Å². The Morgan fingerprint density at radius 3 is 2.55 bits per heavy atom. The molecule has 0 spiro atoms. The Morgan fingerprint density at radius 1 is 1.13 bits per heavy atom. The van der Waals surface area contributed by atoms with Crippen LogP contribution >= 0.6 is 0 Å². The number of nitrogens with one attached hydrogen (secondary N) is 1. The second-order valence-corrected chi connectivity index (χ2v) is 9.51. The summed E-state index contributed by atoms with van der Waals surface area (Å²) in [7, 11) is 0. The first kappa shape index (κ1) is 25.2. The number of amides is 2. The van der Waals surface area contributed by atoms with Crippen LogP contribution in [-0.4, -0.2) is 23.0 Å². The number of nitrogens with two attached hydrogens (primary N) is 1. The molecule has 3 N–H and O–H groups in total. The van der Waals surface area contributed by atoms with Gasteiger partial charge >= 0.3 is 6.18 Å². The SMILES string of the molecule is C[C@H](NC(=O)c1ccc2c(c1)C1(C)C=NC=CC1C(=O)N2c1ccc(C(F)(F)F)cc1)c1cccc(N)n1. The maximum atomic E-state index is 13.7. The van der Waals surface area contributed by atoms with Crippen LogP contribution in [0.2, 0.25) is 0 Å². The number of nitrogens with zero attached hydrogens (tertiary/aromatic N) is 3. The van der Waals surface area contributed by atoms with Gasteiger partial charge in [0, 0.05) is 29.1 Å². The summed E-state index contributed by atoms with van der Waals surface area (Å²) in [6.45, 7) is 3.64. The Kier molecular flexibility index (Phi) is 6.05. The summed E-state index contributed by atoms with van der Waals surface area (Å²) < 4.78 is 39.4. The van der Waals surface area contributed by atoms with Crippen molar-refractivity contribution < 1.29 is 22.8 Å². The number of halogens is 3. The standard InChI is InChI=1S/C28H24F3N5O2/c1-16(22-4-3-5-24(32)35-22)34-25(37)17-6-11-23-21(14-17)27(2)15-33-13-12-20(27)26(38)36(23)19-9-7-18(8-10-19)28(29,30)31/h3-16,20H,1-2H3,(H2,32,35)(H,34,37)/t16-,20?,27?/m0/s1. The van der Waals surface area contributed by atoms with Gasteiger partial charge in [-0.3, -0.25) is 19.5 Å². The van der Waals surface area contributed by atoms with Crippen LogP contribution in [0.1, 0.15) is 47.1 Å². The molecule has 5 rings (SSSR count). The molecule has 2 unspecified atom stereocenters. The van der Waals surface area contributed by atoms with Crippen molar-refractivity contribution in [3.8, 4) is 0 Å². The lowest BCUT2D eigenvalue weighted by molar-refractivity contribution is -0.137. The van der Waals surface area contributed by atoms with Gasteiger partial charge in [0.2, 0.25) is 5.91 Å². The molecule has 0 saturated heterocycles. The van der Waals surface area contributed by atoms with E-state index in [1.54, 1.807) is 55.6 Å². The molecule has 7 nitrogen and oxygen atoms in total. The number of benzene rings is 2. The third kappa shape index (κ3) is 4.31. The Labute approximate surface area is 216 Å². The lowest BCUT2D eigenvalue weighted by Gasteiger charge is -2.44. The molecule has 3 aromatic rings. The van der Waals surface area contributed by atoms with Crippen molar-refractivity contribution in [3.05, 3.63) is 95.3 Å². The van der Waals surface area contributed by atoms with E-state index in [4.69, 9.17) is 5.73 Å². The van der Waals surface area contributed by atoms with E-state index in [1.807, 2.05) is 6.92 Å². The van der Waals surface area contributed by atoms with Gasteiger partial charge in [-0.05, 0) is 74.0 Å². The Bertz CT molecular complexity index is 1480. The third-order valence-electron chi connectivity index (χ3n) is 6.96. The summed E-state index contributed by atoms with van der Waals surface area (Å²) >= 11 is 0. The maximum Gasteiger partial charge on any atom is 0.416 e. The minimum Gasteiger partial charge on any atom is -0.384 e. The quantitative estimate of drug-likeness (QED) is 0.487. The van der Waals surface area contributed by atoms with Crippen LogP contribution in [0.3, 0.4) is 0 Å². The predicted molar refractivity (Wildman–Crippen MR) is 138 cm³/mol. The van der Waals surface area contributed by atoms with E-state index in [0.29, 0.717) is 34.0 Å². The largest absolute Gasteiger partial charge is 0.416 e. The lowest BCUT2D eigenvalue weighted by atomic mass is 9.67. The molecule has 3 atom stereocenters. The van der Waals surface area contributed by atoms with Gasteiger partial charge in [-0.15, -0.1) is 0 Å². The monoisotopic (exact) mass is 519 g/mol. The molecular formula is C28H24F3N5O2. The second-order valence-electron chi connectivity index (χ2n) is 9.51. The minimum atomic E-state index is -4.50. The lowest BCUT2D eigenvalue weighted by Crippen LogP contribution is -2.50. The van der Waals surface area contributed by atoms with Crippen LogP contribution in [-0.2, 0) is 16.4 Å². The number of hydrogen-bond acceptors (Lipinski definition) is 5. The van der Waals surface area contributed by atoms with Crippen LogP contribution in [0, 0.1) is 5.92 Å². The Morgan fingerprint density at radius 2 is 1.87 bits per heavy atom. The van der Waals surface area contributed by atoms with E-state index in [2.05, 4.69) is 15.3 Å². The highest BCUT2D eigenvalue weighted by molar-refractivity contribution is 6.10. The van der Waals surface area contributed by atoms with Gasteiger partial charge in [0.15, 0.2) is 0 Å². The Hall–Kier alpha value is -4.47. The summed E-state index contributed by atoms with van der Waals surface area (Å²) in [5.74, 6) is -0.982. The average Bonchev–Trinajstić information content (AvgIpc) is 2.88. The summed E-state index contributed by atoms with van der Waals surface area (Å²) in [4.78, 5) is 36.8. The van der Waals surface area contributed by atoms with E-state index in [1.165, 1.54) is 23.2 Å². The topological polar surface area (TPSA) is 101 Å².